The summed E-state index contributed by atoms with van der Waals surface area (Å²) in [6.07, 6.45) is 2.06. The second kappa shape index (κ2) is 8.05. The number of carbonyl (C=O) groups excluding carboxylic acids is 1. The van der Waals surface area contributed by atoms with Gasteiger partial charge in [0.25, 0.3) is 0 Å². The first-order chi connectivity index (χ1) is 13.7. The van der Waals surface area contributed by atoms with Crippen molar-refractivity contribution in [2.45, 2.75) is 19.0 Å². The molecule has 28 heavy (non-hydrogen) atoms. The maximum Gasteiger partial charge on any atom is 0.224 e. The molecule has 0 fully saturated rings. The van der Waals surface area contributed by atoms with Crippen molar-refractivity contribution in [1.82, 2.24) is 14.9 Å². The zero-order chi connectivity index (χ0) is 19.3. The van der Waals surface area contributed by atoms with E-state index < -0.39 is 0 Å². The van der Waals surface area contributed by atoms with Crippen LogP contribution < -0.4 is 5.32 Å². The summed E-state index contributed by atoms with van der Waals surface area (Å²) >= 11 is 0. The maximum absolute atomic E-state index is 13.4. The fraction of sp³-hybridized carbons (Fsp3) is 0.130. The zero-order valence-corrected chi connectivity index (χ0v) is 15.3. The van der Waals surface area contributed by atoms with Crippen molar-refractivity contribution in [3.63, 3.8) is 0 Å². The molecule has 0 spiro atoms. The molecule has 1 N–H and O–H groups in total. The molecule has 4 aromatic rings. The van der Waals surface area contributed by atoms with Gasteiger partial charge in [0.05, 0.1) is 29.8 Å². The molecule has 140 valence electrons. The quantitative estimate of drug-likeness (QED) is 0.548. The van der Waals surface area contributed by atoms with Gasteiger partial charge in [-0.15, -0.1) is 0 Å². The lowest BCUT2D eigenvalue weighted by Gasteiger charge is -2.20. The molecule has 0 saturated heterocycles. The van der Waals surface area contributed by atoms with Crippen molar-refractivity contribution in [2.75, 3.05) is 0 Å². The lowest BCUT2D eigenvalue weighted by atomic mass is 10.1. The molecule has 4 rings (SSSR count). The number of para-hydroxylation sites is 2. The van der Waals surface area contributed by atoms with Crippen LogP contribution in [0, 0.1) is 5.82 Å². The summed E-state index contributed by atoms with van der Waals surface area (Å²) in [6.45, 7) is 0.507. The second-order valence-corrected chi connectivity index (χ2v) is 6.72. The number of nitrogens with zero attached hydrogens (tertiary/aromatic N) is 2. The van der Waals surface area contributed by atoms with Crippen molar-refractivity contribution in [1.29, 1.82) is 0 Å². The standard InChI is InChI=1S/C23H20FN3O/c24-19-12-10-18(11-13-19)21(26-23(28)14-17-6-2-1-3-7-17)15-27-16-25-20-8-4-5-9-22(20)27/h1-13,16,21H,14-15H2,(H,26,28). The molecular formula is C23H20FN3O. The van der Waals surface area contributed by atoms with Crippen molar-refractivity contribution in [3.05, 3.63) is 102 Å². The van der Waals surface area contributed by atoms with Crippen molar-refractivity contribution in [2.24, 2.45) is 0 Å². The molecule has 1 aromatic heterocycles. The molecule has 1 amide bonds. The number of aromatic nitrogens is 2. The van der Waals surface area contributed by atoms with Crippen molar-refractivity contribution < 1.29 is 9.18 Å². The molecule has 0 saturated carbocycles. The number of benzene rings is 3. The van der Waals surface area contributed by atoms with Crippen LogP contribution in [-0.4, -0.2) is 15.5 Å². The molecular weight excluding hydrogens is 353 g/mol. The monoisotopic (exact) mass is 373 g/mol. The highest BCUT2D eigenvalue weighted by Gasteiger charge is 2.17. The smallest absolute Gasteiger partial charge is 0.224 e. The molecule has 0 aliphatic carbocycles. The summed E-state index contributed by atoms with van der Waals surface area (Å²) < 4.78 is 15.4. The molecule has 0 bridgehead atoms. The van der Waals surface area contributed by atoms with E-state index >= 15 is 0 Å². The molecule has 1 atom stereocenters. The summed E-state index contributed by atoms with van der Waals surface area (Å²) in [7, 11) is 0. The van der Waals surface area contributed by atoms with Crippen molar-refractivity contribution in [3.8, 4) is 0 Å². The van der Waals surface area contributed by atoms with E-state index in [0.29, 0.717) is 13.0 Å². The van der Waals surface area contributed by atoms with Gasteiger partial charge in [0.15, 0.2) is 0 Å². The second-order valence-electron chi connectivity index (χ2n) is 6.72. The summed E-state index contributed by atoms with van der Waals surface area (Å²) in [6, 6.07) is 23.4. The van der Waals surface area contributed by atoms with E-state index in [9.17, 15) is 9.18 Å². The van der Waals surface area contributed by atoms with Crippen LogP contribution in [0.1, 0.15) is 17.2 Å². The van der Waals surface area contributed by atoms with Gasteiger partial charge >= 0.3 is 0 Å². The summed E-state index contributed by atoms with van der Waals surface area (Å²) in [5, 5.41) is 3.09. The first kappa shape index (κ1) is 17.9. The minimum Gasteiger partial charge on any atom is -0.347 e. The third-order valence-electron chi connectivity index (χ3n) is 4.72. The fourth-order valence-electron chi connectivity index (χ4n) is 3.31. The van der Waals surface area contributed by atoms with Gasteiger partial charge in [-0.2, -0.15) is 0 Å². The Balaban J connectivity index is 1.58. The van der Waals surface area contributed by atoms with Crippen LogP contribution in [0.5, 0.6) is 0 Å². The zero-order valence-electron chi connectivity index (χ0n) is 15.3. The molecule has 0 aliphatic heterocycles. The van der Waals surface area contributed by atoms with Gasteiger partial charge in [-0.1, -0.05) is 54.6 Å². The number of imidazole rings is 1. The highest BCUT2D eigenvalue weighted by molar-refractivity contribution is 5.79. The Kier molecular flexibility index (Phi) is 5.15. The van der Waals surface area contributed by atoms with Crippen LogP contribution in [0.3, 0.4) is 0 Å². The first-order valence-electron chi connectivity index (χ1n) is 9.18. The Morgan fingerprint density at radius 3 is 2.46 bits per heavy atom. The number of hydrogen-bond donors (Lipinski definition) is 1. The summed E-state index contributed by atoms with van der Waals surface area (Å²) in [5.41, 5.74) is 3.69. The molecule has 0 aliphatic rings. The summed E-state index contributed by atoms with van der Waals surface area (Å²) in [4.78, 5) is 17.1. The SMILES string of the molecule is O=C(Cc1ccccc1)NC(Cn1cnc2ccccc21)c1ccc(F)cc1. The normalized spacial score (nSPS) is 12.0. The minimum atomic E-state index is -0.300. The Morgan fingerprint density at radius 2 is 1.68 bits per heavy atom. The number of hydrogen-bond acceptors (Lipinski definition) is 2. The lowest BCUT2D eigenvalue weighted by Crippen LogP contribution is -2.32. The number of halogens is 1. The van der Waals surface area contributed by atoms with Gasteiger partial charge < -0.3 is 9.88 Å². The molecule has 5 heteroatoms. The van der Waals surface area contributed by atoms with E-state index in [1.807, 2.05) is 59.2 Å². The van der Waals surface area contributed by atoms with E-state index in [-0.39, 0.29) is 17.8 Å². The molecule has 0 radical (unpaired) electrons. The fourth-order valence-corrected chi connectivity index (χ4v) is 3.31. The van der Waals surface area contributed by atoms with Gasteiger partial charge in [0.2, 0.25) is 5.91 Å². The Bertz CT molecular complexity index is 1070. The summed E-state index contributed by atoms with van der Waals surface area (Å²) in [5.74, 6) is -0.379. The van der Waals surface area contributed by atoms with Crippen LogP contribution in [-0.2, 0) is 17.8 Å². The van der Waals surface area contributed by atoms with Crippen LogP contribution >= 0.6 is 0 Å². The highest BCUT2D eigenvalue weighted by Crippen LogP contribution is 2.20. The third kappa shape index (κ3) is 4.09. The van der Waals surface area contributed by atoms with Crippen molar-refractivity contribution >= 4 is 16.9 Å². The number of fused-ring (bicyclic) bond motifs is 1. The minimum absolute atomic E-state index is 0.0788. The topological polar surface area (TPSA) is 46.9 Å². The Morgan fingerprint density at radius 1 is 0.964 bits per heavy atom. The van der Waals surface area contributed by atoms with Gasteiger partial charge in [-0.3, -0.25) is 4.79 Å². The average Bonchev–Trinajstić information content (AvgIpc) is 3.12. The number of nitrogens with one attached hydrogen (secondary N) is 1. The molecule has 3 aromatic carbocycles. The van der Waals surface area contributed by atoms with E-state index in [1.54, 1.807) is 18.5 Å². The van der Waals surface area contributed by atoms with Crippen LogP contribution in [0.25, 0.3) is 11.0 Å². The van der Waals surface area contributed by atoms with E-state index in [4.69, 9.17) is 0 Å². The highest BCUT2D eigenvalue weighted by atomic mass is 19.1. The van der Waals surface area contributed by atoms with Gasteiger partial charge in [-0.25, -0.2) is 9.37 Å². The largest absolute Gasteiger partial charge is 0.347 e. The van der Waals surface area contributed by atoms with Gasteiger partial charge in [0.1, 0.15) is 5.82 Å². The first-order valence-corrected chi connectivity index (χ1v) is 9.18. The van der Waals surface area contributed by atoms with Crippen LogP contribution in [0.2, 0.25) is 0 Å². The van der Waals surface area contributed by atoms with E-state index in [1.165, 1.54) is 12.1 Å². The van der Waals surface area contributed by atoms with Crippen LogP contribution in [0.4, 0.5) is 4.39 Å². The number of rotatable bonds is 6. The predicted molar refractivity (Wildman–Crippen MR) is 107 cm³/mol. The third-order valence-corrected chi connectivity index (χ3v) is 4.72. The Hall–Kier alpha value is -3.47. The molecule has 1 unspecified atom stereocenters. The Labute approximate surface area is 162 Å². The van der Waals surface area contributed by atoms with Gasteiger partial charge in [0, 0.05) is 6.54 Å². The maximum atomic E-state index is 13.4. The predicted octanol–water partition coefficient (Wildman–Crippen LogP) is 4.28. The molecule has 4 nitrogen and oxygen atoms in total. The lowest BCUT2D eigenvalue weighted by molar-refractivity contribution is -0.121. The molecule has 1 heterocycles. The van der Waals surface area contributed by atoms with Crippen LogP contribution in [0.15, 0.2) is 85.2 Å². The number of amides is 1. The van der Waals surface area contributed by atoms with Gasteiger partial charge in [-0.05, 0) is 35.4 Å². The number of carbonyl (C=O) groups is 1. The van der Waals surface area contributed by atoms with E-state index in [2.05, 4.69) is 10.3 Å². The average molecular weight is 373 g/mol. The van der Waals surface area contributed by atoms with E-state index in [0.717, 1.165) is 22.2 Å².